The molecule has 0 radical (unpaired) electrons. The second kappa shape index (κ2) is 9.69. The number of nitrogens with zero attached hydrogens (tertiary/aromatic N) is 5. The van der Waals surface area contributed by atoms with Gasteiger partial charge in [0.25, 0.3) is 5.91 Å². The molecule has 0 saturated heterocycles. The molecule has 2 aromatic carbocycles. The van der Waals surface area contributed by atoms with Gasteiger partial charge < -0.3 is 8.98 Å². The van der Waals surface area contributed by atoms with Crippen LogP contribution in [-0.2, 0) is 11.3 Å². The first-order valence-corrected chi connectivity index (χ1v) is 12.1. The van der Waals surface area contributed by atoms with Gasteiger partial charge in [-0.25, -0.2) is 5.01 Å². The van der Waals surface area contributed by atoms with E-state index in [1.165, 1.54) is 17.3 Å². The number of carbonyl (C=O) groups excluding carboxylic acids is 1. The van der Waals surface area contributed by atoms with Crippen molar-refractivity contribution in [2.75, 3.05) is 5.75 Å². The Labute approximate surface area is 202 Å². The smallest absolute Gasteiger partial charge is 0.253 e. The molecule has 7 nitrogen and oxygen atoms in total. The first-order chi connectivity index (χ1) is 16.6. The Morgan fingerprint density at radius 3 is 2.56 bits per heavy atom. The molecule has 1 aliphatic rings. The lowest BCUT2D eigenvalue weighted by atomic mass is 10.0. The van der Waals surface area contributed by atoms with Crippen LogP contribution >= 0.6 is 11.8 Å². The fourth-order valence-corrected chi connectivity index (χ4v) is 4.81. The summed E-state index contributed by atoms with van der Waals surface area (Å²) in [7, 11) is 0. The van der Waals surface area contributed by atoms with Crippen molar-refractivity contribution in [3.8, 4) is 0 Å². The molecule has 0 aliphatic carbocycles. The molecular weight excluding hydrogens is 446 g/mol. The molecule has 1 amide bonds. The predicted molar refractivity (Wildman–Crippen MR) is 132 cm³/mol. The Balaban J connectivity index is 1.34. The van der Waals surface area contributed by atoms with Gasteiger partial charge in [-0.05, 0) is 37.1 Å². The summed E-state index contributed by atoms with van der Waals surface area (Å²) in [6.07, 6.45) is 2.24. The molecule has 3 heterocycles. The van der Waals surface area contributed by atoms with Crippen LogP contribution in [0.2, 0.25) is 0 Å². The SMILES string of the molecule is Cc1ccc(C2=NN(C(=O)CSc3nnc(C)n3Cc3ccccc3)C(c3ccco3)C2)cc1. The summed E-state index contributed by atoms with van der Waals surface area (Å²) in [6.45, 7) is 4.63. The summed E-state index contributed by atoms with van der Waals surface area (Å²) in [5.41, 5.74) is 4.23. The van der Waals surface area contributed by atoms with Crippen LogP contribution in [0.3, 0.4) is 0 Å². The Bertz CT molecular complexity index is 1300. The lowest BCUT2D eigenvalue weighted by Crippen LogP contribution is -2.28. The van der Waals surface area contributed by atoms with Gasteiger partial charge in [-0.2, -0.15) is 5.10 Å². The van der Waals surface area contributed by atoms with E-state index in [0.29, 0.717) is 18.1 Å². The van der Waals surface area contributed by atoms with Crippen molar-refractivity contribution >= 4 is 23.4 Å². The lowest BCUT2D eigenvalue weighted by Gasteiger charge is -2.19. The molecular formula is C26H25N5O2S. The summed E-state index contributed by atoms with van der Waals surface area (Å²) in [4.78, 5) is 13.3. The molecule has 0 saturated carbocycles. The molecule has 1 atom stereocenters. The lowest BCUT2D eigenvalue weighted by molar-refractivity contribution is -0.130. The van der Waals surface area contributed by atoms with Gasteiger partial charge in [-0.1, -0.05) is 71.9 Å². The minimum atomic E-state index is -0.261. The van der Waals surface area contributed by atoms with Crippen molar-refractivity contribution in [1.29, 1.82) is 0 Å². The van der Waals surface area contributed by atoms with Crippen molar-refractivity contribution in [2.45, 2.75) is 38.0 Å². The Morgan fingerprint density at radius 2 is 1.82 bits per heavy atom. The highest BCUT2D eigenvalue weighted by atomic mass is 32.2. The van der Waals surface area contributed by atoms with Crippen LogP contribution in [-0.4, -0.2) is 37.1 Å². The van der Waals surface area contributed by atoms with Gasteiger partial charge in [0.05, 0.1) is 24.3 Å². The molecule has 4 aromatic rings. The Morgan fingerprint density at radius 1 is 1.03 bits per heavy atom. The summed E-state index contributed by atoms with van der Waals surface area (Å²) < 4.78 is 7.68. The average Bonchev–Trinajstić information content (AvgIpc) is 3.60. The van der Waals surface area contributed by atoms with Gasteiger partial charge in [-0.15, -0.1) is 10.2 Å². The third kappa shape index (κ3) is 4.68. The largest absolute Gasteiger partial charge is 0.467 e. The normalized spacial score (nSPS) is 15.5. The number of amides is 1. The number of hydrogen-bond acceptors (Lipinski definition) is 6. The maximum absolute atomic E-state index is 13.3. The van der Waals surface area contributed by atoms with Gasteiger partial charge in [0, 0.05) is 6.42 Å². The number of hydrogen-bond donors (Lipinski definition) is 0. The first-order valence-electron chi connectivity index (χ1n) is 11.1. The third-order valence-corrected chi connectivity index (χ3v) is 6.78. The second-order valence-corrected chi connectivity index (χ2v) is 9.22. The van der Waals surface area contributed by atoms with Gasteiger partial charge >= 0.3 is 0 Å². The minimum absolute atomic E-state index is 0.0968. The van der Waals surface area contributed by atoms with E-state index in [1.807, 2.05) is 54.0 Å². The number of hydrazone groups is 1. The van der Waals surface area contributed by atoms with Crippen LogP contribution in [0.1, 0.15) is 40.7 Å². The molecule has 1 unspecified atom stereocenters. The number of furan rings is 1. The monoisotopic (exact) mass is 471 g/mol. The van der Waals surface area contributed by atoms with E-state index in [-0.39, 0.29) is 17.7 Å². The van der Waals surface area contributed by atoms with Crippen LogP contribution in [0.15, 0.2) is 87.7 Å². The van der Waals surface area contributed by atoms with E-state index in [9.17, 15) is 4.79 Å². The van der Waals surface area contributed by atoms with Crippen molar-refractivity contribution < 1.29 is 9.21 Å². The zero-order chi connectivity index (χ0) is 23.5. The number of thioether (sulfide) groups is 1. The zero-order valence-corrected chi connectivity index (χ0v) is 19.9. The average molecular weight is 472 g/mol. The van der Waals surface area contributed by atoms with Crippen LogP contribution < -0.4 is 0 Å². The molecule has 0 N–H and O–H groups in total. The van der Waals surface area contributed by atoms with Crippen LogP contribution in [0.4, 0.5) is 0 Å². The van der Waals surface area contributed by atoms with Gasteiger partial charge in [-0.3, -0.25) is 4.79 Å². The maximum atomic E-state index is 13.3. The number of aromatic nitrogens is 3. The fraction of sp³-hybridized carbons (Fsp3) is 0.231. The number of aryl methyl sites for hydroxylation is 2. The molecule has 1 aliphatic heterocycles. The number of rotatable bonds is 7. The zero-order valence-electron chi connectivity index (χ0n) is 19.1. The quantitative estimate of drug-likeness (QED) is 0.354. The van der Waals surface area contributed by atoms with E-state index < -0.39 is 0 Å². The molecule has 0 fully saturated rings. The molecule has 2 aromatic heterocycles. The number of benzene rings is 2. The van der Waals surface area contributed by atoms with E-state index in [0.717, 1.165) is 28.4 Å². The molecule has 34 heavy (non-hydrogen) atoms. The second-order valence-electron chi connectivity index (χ2n) is 8.28. The van der Waals surface area contributed by atoms with E-state index in [4.69, 9.17) is 9.52 Å². The molecule has 8 heteroatoms. The van der Waals surface area contributed by atoms with Gasteiger partial charge in [0.2, 0.25) is 0 Å². The van der Waals surface area contributed by atoms with Crippen molar-refractivity contribution in [1.82, 2.24) is 19.8 Å². The first kappa shape index (κ1) is 22.2. The maximum Gasteiger partial charge on any atom is 0.253 e. The summed E-state index contributed by atoms with van der Waals surface area (Å²) in [5, 5.41) is 15.5. The minimum Gasteiger partial charge on any atom is -0.467 e. The highest BCUT2D eigenvalue weighted by molar-refractivity contribution is 7.99. The van der Waals surface area contributed by atoms with Gasteiger partial charge in [0.1, 0.15) is 17.6 Å². The third-order valence-electron chi connectivity index (χ3n) is 5.83. The highest BCUT2D eigenvalue weighted by Gasteiger charge is 2.35. The predicted octanol–water partition coefficient (Wildman–Crippen LogP) is 5.01. The van der Waals surface area contributed by atoms with Crippen LogP contribution in [0.25, 0.3) is 0 Å². The molecule has 0 spiro atoms. The van der Waals surface area contributed by atoms with E-state index in [1.54, 1.807) is 11.3 Å². The molecule has 5 rings (SSSR count). The summed E-state index contributed by atoms with van der Waals surface area (Å²) in [5.74, 6) is 1.65. The van der Waals surface area contributed by atoms with Crippen LogP contribution in [0, 0.1) is 13.8 Å². The fourth-order valence-electron chi connectivity index (χ4n) is 3.97. The standard InChI is InChI=1S/C26H25N5O2S/c1-18-10-12-21(13-11-18)22-15-23(24-9-6-14-33-24)31(29-22)25(32)17-34-26-28-27-19(2)30(26)16-20-7-4-3-5-8-20/h3-14,23H,15-17H2,1-2H3. The highest BCUT2D eigenvalue weighted by Crippen LogP contribution is 2.34. The van der Waals surface area contributed by atoms with Crippen molar-refractivity contribution in [2.24, 2.45) is 5.10 Å². The van der Waals surface area contributed by atoms with E-state index in [2.05, 4.69) is 41.4 Å². The summed E-state index contributed by atoms with van der Waals surface area (Å²) in [6, 6.07) is 21.8. The van der Waals surface area contributed by atoms with E-state index >= 15 is 0 Å². The summed E-state index contributed by atoms with van der Waals surface area (Å²) >= 11 is 1.38. The molecule has 172 valence electrons. The Hall–Kier alpha value is -3.65. The topological polar surface area (TPSA) is 76.5 Å². The van der Waals surface area contributed by atoms with Gasteiger partial charge in [0.15, 0.2) is 5.16 Å². The number of carbonyl (C=O) groups is 1. The van der Waals surface area contributed by atoms with Crippen molar-refractivity contribution in [3.05, 3.63) is 101 Å². The van der Waals surface area contributed by atoms with Crippen molar-refractivity contribution in [3.63, 3.8) is 0 Å². The Kier molecular flexibility index (Phi) is 6.31. The molecule has 0 bridgehead atoms. The van der Waals surface area contributed by atoms with Crippen LogP contribution in [0.5, 0.6) is 0 Å².